The largest absolute Gasteiger partial charge is 0.383 e. The van der Waals surface area contributed by atoms with Crippen molar-refractivity contribution >= 4 is 16.7 Å². The lowest BCUT2D eigenvalue weighted by molar-refractivity contribution is 0.181. The van der Waals surface area contributed by atoms with Gasteiger partial charge in [0.2, 0.25) is 0 Å². The molecule has 96 valence electrons. The Morgan fingerprint density at radius 2 is 2.11 bits per heavy atom. The Balaban J connectivity index is 2.24. The van der Waals surface area contributed by atoms with E-state index in [2.05, 4.69) is 9.97 Å². The van der Waals surface area contributed by atoms with Gasteiger partial charge in [0, 0.05) is 32.1 Å². The van der Waals surface area contributed by atoms with Crippen LogP contribution in [0.1, 0.15) is 0 Å². The van der Waals surface area contributed by atoms with Crippen LogP contribution in [0.2, 0.25) is 0 Å². The minimum Gasteiger partial charge on any atom is -0.383 e. The fraction of sp³-hybridized carbons (Fsp3) is 0.385. The fourth-order valence-corrected chi connectivity index (χ4v) is 2.00. The summed E-state index contributed by atoms with van der Waals surface area (Å²) in [5, 5.41) is 1.03. The summed E-state index contributed by atoms with van der Waals surface area (Å²) >= 11 is 0. The van der Waals surface area contributed by atoms with E-state index in [1.54, 1.807) is 13.4 Å². The first kappa shape index (κ1) is 12.7. The number of nitrogens with two attached hydrogens (primary N) is 1. The third-order valence-electron chi connectivity index (χ3n) is 2.77. The summed E-state index contributed by atoms with van der Waals surface area (Å²) in [6.45, 7) is 1.22. The first-order chi connectivity index (χ1) is 8.72. The molecule has 1 aromatic heterocycles. The molecule has 18 heavy (non-hydrogen) atoms. The van der Waals surface area contributed by atoms with Crippen LogP contribution in [0.5, 0.6) is 0 Å². The van der Waals surface area contributed by atoms with Crippen molar-refractivity contribution in [2.75, 3.05) is 32.2 Å². The number of rotatable bonds is 5. The van der Waals surface area contributed by atoms with Crippen molar-refractivity contribution < 1.29 is 4.74 Å². The molecule has 0 bridgehead atoms. The van der Waals surface area contributed by atoms with Gasteiger partial charge in [-0.05, 0) is 12.1 Å². The molecule has 1 heterocycles. The molecule has 0 aliphatic carbocycles. The number of anilines is 1. The minimum atomic E-state index is -0.0336. The molecule has 0 aliphatic rings. The summed E-state index contributed by atoms with van der Waals surface area (Å²) in [7, 11) is 3.63. The summed E-state index contributed by atoms with van der Waals surface area (Å²) < 4.78 is 5.04. The number of ether oxygens (including phenoxy) is 1. The highest BCUT2D eigenvalue weighted by Crippen LogP contribution is 2.21. The molecule has 1 unspecified atom stereocenters. The number of nitrogens with zero attached hydrogens (tertiary/aromatic N) is 3. The third-order valence-corrected chi connectivity index (χ3v) is 2.77. The van der Waals surface area contributed by atoms with Crippen LogP contribution >= 0.6 is 0 Å². The SMILES string of the molecule is COCC(N)CN(C)c1ncnc2ccccc12. The molecular weight excluding hydrogens is 228 g/mol. The molecule has 0 radical (unpaired) electrons. The van der Waals surface area contributed by atoms with E-state index < -0.39 is 0 Å². The minimum absolute atomic E-state index is 0.0336. The normalized spacial score (nSPS) is 12.6. The van der Waals surface area contributed by atoms with Gasteiger partial charge in [0.25, 0.3) is 0 Å². The second-order valence-electron chi connectivity index (χ2n) is 4.31. The van der Waals surface area contributed by atoms with E-state index in [0.717, 1.165) is 16.7 Å². The molecule has 0 spiro atoms. The molecule has 0 saturated heterocycles. The number of aromatic nitrogens is 2. The summed E-state index contributed by atoms with van der Waals surface area (Å²) in [5.74, 6) is 0.896. The van der Waals surface area contributed by atoms with Crippen LogP contribution in [0, 0.1) is 0 Å². The topological polar surface area (TPSA) is 64.3 Å². The maximum Gasteiger partial charge on any atom is 0.139 e. The number of fused-ring (bicyclic) bond motifs is 1. The number of hydrogen-bond acceptors (Lipinski definition) is 5. The van der Waals surface area contributed by atoms with Crippen molar-refractivity contribution in [3.63, 3.8) is 0 Å². The zero-order valence-corrected chi connectivity index (χ0v) is 10.7. The zero-order valence-electron chi connectivity index (χ0n) is 10.7. The van der Waals surface area contributed by atoms with Crippen LogP contribution in [0.25, 0.3) is 10.9 Å². The van der Waals surface area contributed by atoms with E-state index >= 15 is 0 Å². The third kappa shape index (κ3) is 2.75. The van der Waals surface area contributed by atoms with E-state index in [4.69, 9.17) is 10.5 Å². The summed E-state index contributed by atoms with van der Waals surface area (Å²) in [6, 6.07) is 7.91. The molecule has 0 fully saturated rings. The van der Waals surface area contributed by atoms with Crippen molar-refractivity contribution in [3.05, 3.63) is 30.6 Å². The zero-order chi connectivity index (χ0) is 13.0. The van der Waals surface area contributed by atoms with Crippen molar-refractivity contribution in [2.24, 2.45) is 5.73 Å². The van der Waals surface area contributed by atoms with Crippen LogP contribution in [0.4, 0.5) is 5.82 Å². The fourth-order valence-electron chi connectivity index (χ4n) is 2.00. The van der Waals surface area contributed by atoms with Crippen molar-refractivity contribution in [2.45, 2.75) is 6.04 Å². The smallest absolute Gasteiger partial charge is 0.139 e. The molecule has 2 rings (SSSR count). The van der Waals surface area contributed by atoms with Crippen LogP contribution < -0.4 is 10.6 Å². The van der Waals surface area contributed by atoms with Gasteiger partial charge in [0.1, 0.15) is 12.1 Å². The Morgan fingerprint density at radius 3 is 2.89 bits per heavy atom. The molecule has 0 amide bonds. The van der Waals surface area contributed by atoms with E-state index in [0.29, 0.717) is 13.2 Å². The lowest BCUT2D eigenvalue weighted by Crippen LogP contribution is -2.38. The lowest BCUT2D eigenvalue weighted by Gasteiger charge is -2.22. The maximum absolute atomic E-state index is 5.96. The van der Waals surface area contributed by atoms with Crippen molar-refractivity contribution in [1.29, 1.82) is 0 Å². The number of methoxy groups -OCH3 is 1. The van der Waals surface area contributed by atoms with Gasteiger partial charge in [-0.15, -0.1) is 0 Å². The van der Waals surface area contributed by atoms with Gasteiger partial charge in [0.15, 0.2) is 0 Å². The van der Waals surface area contributed by atoms with Crippen molar-refractivity contribution in [1.82, 2.24) is 9.97 Å². The monoisotopic (exact) mass is 246 g/mol. The predicted octanol–water partition coefficient (Wildman–Crippen LogP) is 1.04. The first-order valence-electron chi connectivity index (χ1n) is 5.87. The second-order valence-corrected chi connectivity index (χ2v) is 4.31. The van der Waals surface area contributed by atoms with Gasteiger partial charge >= 0.3 is 0 Å². The molecule has 5 nitrogen and oxygen atoms in total. The maximum atomic E-state index is 5.96. The average molecular weight is 246 g/mol. The Morgan fingerprint density at radius 1 is 1.33 bits per heavy atom. The van der Waals surface area contributed by atoms with Gasteiger partial charge in [-0.1, -0.05) is 12.1 Å². The molecule has 1 atom stereocenters. The molecule has 0 saturated carbocycles. The highest BCUT2D eigenvalue weighted by atomic mass is 16.5. The van der Waals surface area contributed by atoms with Crippen LogP contribution in [0.15, 0.2) is 30.6 Å². The molecular formula is C13H18N4O. The van der Waals surface area contributed by atoms with E-state index in [1.165, 1.54) is 0 Å². The van der Waals surface area contributed by atoms with E-state index in [-0.39, 0.29) is 6.04 Å². The highest BCUT2D eigenvalue weighted by molar-refractivity contribution is 5.89. The summed E-state index contributed by atoms with van der Waals surface area (Å²) in [6.07, 6.45) is 1.58. The van der Waals surface area contributed by atoms with Crippen molar-refractivity contribution in [3.8, 4) is 0 Å². The first-order valence-corrected chi connectivity index (χ1v) is 5.87. The van der Waals surface area contributed by atoms with Gasteiger partial charge in [0.05, 0.1) is 12.1 Å². The highest BCUT2D eigenvalue weighted by Gasteiger charge is 2.11. The molecule has 2 aromatic rings. The number of likely N-dealkylation sites (N-methyl/N-ethyl adjacent to an activating group) is 1. The second kappa shape index (κ2) is 5.75. The molecule has 2 N–H and O–H groups in total. The van der Waals surface area contributed by atoms with Crippen LogP contribution in [-0.4, -0.2) is 43.3 Å². The number of benzene rings is 1. The number of para-hydroxylation sites is 1. The van der Waals surface area contributed by atoms with Crippen LogP contribution in [-0.2, 0) is 4.74 Å². The lowest BCUT2D eigenvalue weighted by atomic mass is 10.2. The Bertz CT molecular complexity index is 512. The quantitative estimate of drug-likeness (QED) is 0.854. The Hall–Kier alpha value is -1.72. The van der Waals surface area contributed by atoms with Gasteiger partial charge in [-0.25, -0.2) is 9.97 Å². The molecule has 0 aliphatic heterocycles. The average Bonchev–Trinajstić information content (AvgIpc) is 2.38. The molecule has 5 heteroatoms. The standard InChI is InChI=1S/C13H18N4O/c1-17(7-10(14)8-18-2)13-11-5-3-4-6-12(11)15-9-16-13/h3-6,9-10H,7-8,14H2,1-2H3. The van der Waals surface area contributed by atoms with Gasteiger partial charge in [-0.3, -0.25) is 0 Å². The Kier molecular flexibility index (Phi) is 4.07. The predicted molar refractivity (Wildman–Crippen MR) is 72.7 cm³/mol. The van der Waals surface area contributed by atoms with Gasteiger partial charge in [-0.2, -0.15) is 0 Å². The number of hydrogen-bond donors (Lipinski definition) is 1. The van der Waals surface area contributed by atoms with Gasteiger partial charge < -0.3 is 15.4 Å². The summed E-state index contributed by atoms with van der Waals surface area (Å²) in [5.41, 5.74) is 6.90. The Labute approximate surface area is 107 Å². The summed E-state index contributed by atoms with van der Waals surface area (Å²) in [4.78, 5) is 10.6. The molecule has 1 aromatic carbocycles. The van der Waals surface area contributed by atoms with E-state index in [1.807, 2.05) is 36.2 Å². The van der Waals surface area contributed by atoms with Crippen LogP contribution in [0.3, 0.4) is 0 Å². The van der Waals surface area contributed by atoms with E-state index in [9.17, 15) is 0 Å².